The summed E-state index contributed by atoms with van der Waals surface area (Å²) in [6.07, 6.45) is 5.79. The number of rotatable bonds is 24. The maximum absolute atomic E-state index is 17.8. The minimum Gasteiger partial charge on any atom is -0.481 e. The fraction of sp³-hybridized carbons (Fsp3) is 0.937. The molecule has 24 nitrogen and oxygen atoms in total. The van der Waals surface area contributed by atoms with Crippen molar-refractivity contribution < 1.29 is 119 Å². The predicted octanol–water partition coefficient (Wildman–Crippen LogP) is 21.5. The number of carboxylic acids is 4. The average Bonchev–Trinajstić information content (AvgIpc) is 0.861. The first kappa shape index (κ1) is 114. The Morgan fingerprint density at radius 2 is 0.420 bits per heavy atom. The van der Waals surface area contributed by atoms with Crippen molar-refractivity contribution in [3.63, 3.8) is 0 Å². The van der Waals surface area contributed by atoms with E-state index in [1.807, 2.05) is 0 Å². The molecule has 20 aliphatic rings. The van der Waals surface area contributed by atoms with Gasteiger partial charge in [-0.25, -0.2) is 0 Å². The summed E-state index contributed by atoms with van der Waals surface area (Å²) < 4.78 is 30.3. The zero-order valence-corrected chi connectivity index (χ0v) is 96.2. The lowest BCUT2D eigenvalue weighted by molar-refractivity contribution is -0.257. The smallest absolute Gasteiger partial charge is 0.312 e. The number of fused-ring (bicyclic) bond motifs is 20. The van der Waals surface area contributed by atoms with Crippen molar-refractivity contribution in [1.82, 2.24) is 0 Å². The third-order valence-electron chi connectivity index (χ3n) is 52.9. The number of aliphatic hydroxyl groups is 8. The van der Waals surface area contributed by atoms with Crippen LogP contribution in [0.4, 0.5) is 0 Å². The molecule has 0 heterocycles. The van der Waals surface area contributed by atoms with Crippen LogP contribution in [0.1, 0.15) is 410 Å². The van der Waals surface area contributed by atoms with E-state index in [1.165, 1.54) is 0 Å². The summed E-state index contributed by atoms with van der Waals surface area (Å²) in [5, 5.41) is 145. The molecule has 24 heteroatoms. The van der Waals surface area contributed by atoms with E-state index < -0.39 is 208 Å². The molecule has 20 rings (SSSR count). The summed E-state index contributed by atoms with van der Waals surface area (Å²) in [5.41, 5.74) is -12.9. The van der Waals surface area contributed by atoms with Crippen LogP contribution in [0.2, 0.25) is 0 Å². The fourth-order valence-corrected chi connectivity index (χ4v) is 47.2. The van der Waals surface area contributed by atoms with Crippen LogP contribution in [0.3, 0.4) is 0 Å². The number of aliphatic carboxylic acids is 4. The number of hydrogen-bond donors (Lipinski definition) is 12. The quantitative estimate of drug-likeness (QED) is 0.0315. The molecule has 0 saturated heterocycles. The second kappa shape index (κ2) is 38.6. The molecule has 0 aromatic carbocycles. The van der Waals surface area contributed by atoms with Crippen LogP contribution in [0.25, 0.3) is 0 Å². The van der Waals surface area contributed by atoms with Crippen LogP contribution in [0.5, 0.6) is 0 Å². The molecule has 20 fully saturated rings. The van der Waals surface area contributed by atoms with Crippen LogP contribution in [-0.4, -0.2) is 182 Å². The summed E-state index contributed by atoms with van der Waals surface area (Å²) in [5.74, 6) is -8.00. The number of carbonyl (C=O) groups is 8. The van der Waals surface area contributed by atoms with E-state index in [0.29, 0.717) is 128 Å². The molecule has 4 bridgehead atoms. The third kappa shape index (κ3) is 17.5. The van der Waals surface area contributed by atoms with Gasteiger partial charge in [-0.3, -0.25) is 38.4 Å². The van der Waals surface area contributed by atoms with Gasteiger partial charge in [0.05, 0.1) is 70.5 Å². The Balaban J connectivity index is 0.697. The maximum Gasteiger partial charge on any atom is 0.312 e. The summed E-state index contributed by atoms with van der Waals surface area (Å²) in [6, 6.07) is 0. The number of carboxylic acid groups (broad SMARTS) is 4. The van der Waals surface area contributed by atoms with Crippen molar-refractivity contribution >= 4 is 47.8 Å². The number of hydrogen-bond acceptors (Lipinski definition) is 20. The van der Waals surface area contributed by atoms with Crippen LogP contribution in [-0.2, 0) is 57.3 Å². The average molecular weight is 2100 g/mol. The van der Waals surface area contributed by atoms with Gasteiger partial charge in [0.25, 0.3) is 0 Å². The Bertz CT molecular complexity index is 4430. The zero-order valence-electron chi connectivity index (χ0n) is 96.2. The van der Waals surface area contributed by atoms with Crippen molar-refractivity contribution in [2.75, 3.05) is 0 Å². The molecule has 20 saturated carbocycles. The molecule has 20 aliphatic carbocycles. The first-order chi connectivity index (χ1) is 69.5. The lowest BCUT2D eigenvalue weighted by Gasteiger charge is -2.68. The number of esters is 4. The van der Waals surface area contributed by atoms with E-state index in [9.17, 15) is 80.5 Å². The lowest BCUT2D eigenvalue weighted by atomic mass is 9.35. The fourth-order valence-electron chi connectivity index (χ4n) is 47.2. The van der Waals surface area contributed by atoms with Gasteiger partial charge in [0.1, 0.15) is 24.4 Å². The molecular weight excluding hydrogens is 1900 g/mol. The van der Waals surface area contributed by atoms with Gasteiger partial charge in [0, 0.05) is 25.7 Å². The van der Waals surface area contributed by atoms with Crippen molar-refractivity contribution in [2.24, 2.45) is 252 Å². The Morgan fingerprint density at radius 1 is 0.247 bits per heavy atom. The minimum atomic E-state index is -1.75. The number of ether oxygens (including phenoxy) is 4. The van der Waals surface area contributed by atoms with E-state index in [4.69, 9.17) is 18.9 Å². The summed E-state index contributed by atoms with van der Waals surface area (Å²) >= 11 is 0. The molecule has 0 aliphatic heterocycles. The largest absolute Gasteiger partial charge is 0.481 e. The highest BCUT2D eigenvalue weighted by Gasteiger charge is 2.81. The Morgan fingerprint density at radius 3 is 0.580 bits per heavy atom. The lowest BCUT2D eigenvalue weighted by Crippen LogP contribution is -2.70. The van der Waals surface area contributed by atoms with Crippen molar-refractivity contribution in [3.05, 3.63) is 0 Å². The van der Waals surface area contributed by atoms with E-state index in [0.717, 1.165) is 51.4 Å². The SMILES string of the molecule is C[C@H](CCC(=O)O)[C@H]1CCC2C3C(C[C@H](O)[C@@]21C)[C@@]1(C)C(C(C)(C)C)C[C@@H](OC(=O)C24CC5(C(=O)O[C@@H]6CC(C(C)(C)C)[C@]7(C)C8C[C@H](O)[C@@]9(C)C(CC[C@@H]9[C@H](C)CCC(=O)O)C8[C@H](O)C[C@@H]7C6)CC(C(=O)O[C@@H]6CC(C(C)(C)C)[C@]7(C)C8C[C@H](O)[C@@]9(C)C(CC[C@@H]9[C@H](C)CCC(=O)O)C8[C@H](O)C[C@@H]7C6)(C2)CC(C(=O)O[C@@H]2CC(C(C)(C)C)[C@]6(C)C7C[C@H](O)[C@@]8(C)C(CC[C@@H]8[C@H](C)CCC(=O)O)C7[C@H](O)C[C@@H]6C2)(C4)C5)C[C@H]1C[C@H]3O. The van der Waals surface area contributed by atoms with Crippen LogP contribution < -0.4 is 0 Å². The van der Waals surface area contributed by atoms with Crippen LogP contribution in [0.15, 0.2) is 0 Å². The van der Waals surface area contributed by atoms with Gasteiger partial charge in [-0.2, -0.15) is 0 Å². The van der Waals surface area contributed by atoms with Gasteiger partial charge in [0.15, 0.2) is 0 Å². The molecule has 48 atom stereocenters. The molecule has 0 spiro atoms. The van der Waals surface area contributed by atoms with Crippen molar-refractivity contribution in [2.45, 2.75) is 483 Å². The van der Waals surface area contributed by atoms with Gasteiger partial charge in [0.2, 0.25) is 0 Å². The zero-order chi connectivity index (χ0) is 109. The molecule has 0 aromatic heterocycles. The predicted molar refractivity (Wildman–Crippen MR) is 566 cm³/mol. The first-order valence-corrected chi connectivity index (χ1v) is 60.7. The Labute approximate surface area is 897 Å². The van der Waals surface area contributed by atoms with Crippen LogP contribution in [0, 0.1) is 252 Å². The Hall–Kier alpha value is -4.56. The van der Waals surface area contributed by atoms with Gasteiger partial charge in [-0.15, -0.1) is 0 Å². The Kier molecular flexibility index (Phi) is 29.2. The second-order valence-electron chi connectivity index (χ2n) is 63.3. The highest BCUT2D eigenvalue weighted by atomic mass is 16.6. The molecule has 848 valence electrons. The molecule has 12 N–H and O–H groups in total. The molecular formula is C126H200O24. The normalized spacial score (nSPS) is 51.4. The molecule has 0 amide bonds. The van der Waals surface area contributed by atoms with Crippen molar-refractivity contribution in [1.29, 1.82) is 0 Å². The van der Waals surface area contributed by atoms with E-state index in [1.54, 1.807) is 0 Å². The maximum atomic E-state index is 17.8. The summed E-state index contributed by atoms with van der Waals surface area (Å²) in [7, 11) is 0. The third-order valence-corrected chi connectivity index (χ3v) is 52.9. The van der Waals surface area contributed by atoms with E-state index in [2.05, 4.69) is 166 Å². The number of carbonyl (C=O) groups excluding carboxylic acids is 4. The first-order valence-electron chi connectivity index (χ1n) is 60.7. The number of aliphatic hydroxyl groups excluding tert-OH is 8. The van der Waals surface area contributed by atoms with Crippen LogP contribution >= 0.6 is 0 Å². The van der Waals surface area contributed by atoms with Gasteiger partial charge in [-0.1, -0.05) is 166 Å². The topological polar surface area (TPSA) is 416 Å². The summed E-state index contributed by atoms with van der Waals surface area (Å²) in [4.78, 5) is 120. The highest BCUT2D eigenvalue weighted by molar-refractivity contribution is 5.92. The summed E-state index contributed by atoms with van der Waals surface area (Å²) in [6.45, 7) is 53.8. The monoisotopic (exact) mass is 2100 g/mol. The van der Waals surface area contributed by atoms with Gasteiger partial charge < -0.3 is 80.2 Å². The van der Waals surface area contributed by atoms with Crippen molar-refractivity contribution in [3.8, 4) is 0 Å². The van der Waals surface area contributed by atoms with E-state index in [-0.39, 0.29) is 230 Å². The minimum absolute atomic E-state index is 0.0268. The second-order valence-corrected chi connectivity index (χ2v) is 63.3. The molecule has 0 radical (unpaired) electrons. The molecule has 150 heavy (non-hydrogen) atoms. The molecule has 0 aromatic rings. The van der Waals surface area contributed by atoms with Gasteiger partial charge in [-0.05, 0) is 449 Å². The standard InChI is InChI=1S/C126H200O24/c1-63(25-37-99(135)136)75-29-33-79-103-83(53-95(131)119(75,79)21)115(17)67(45-87(103)127)41-71(49-91(115)111(5,6)7)147-107(143)123-57-124(108(144)148-72-42-68-46-88(128)104-80-34-30-76(64(2)26-38-100(137)138)120(80,22)96(132)54-84(104)116(68,18)92(50-72)112(8,9)10)60-125(58-123,109(145)149-73-43-69-47-89(129)105-81-35-31-77(65(3)27-39-101(139)140)121(81,23)97(133)55-85(105)117(69,19)93(51-73)113(11,12)13)62-126(59-123,61-124)110(146)150-74-44-70-48-90(130)106-82-36-32-78(66(4)28-40-102(141)142)122(82,24)98(134)56-86(106)118(70,20)94(52-74)114(14,15)16/h63-98,103-106,127-134H,25-62H2,1-24H3,(H,135,136)(H,137,138)(H,139,140)(H,141,142)/t63-,64-,65-,66-,67+,68+,69+,70+,71+,72+,73+,74+,75-,76-,77-,78-,79?,80?,81?,82?,83?,84?,85?,86?,87-,88-,89-,90-,91?,92?,93?,94?,95+,96+,97+,98+,103?,104?,105?,106?,115+,116+,117+,118+,119-,120-,121-,122-,123?,124?,125?,126?/m1/s1. The van der Waals surface area contributed by atoms with Gasteiger partial charge >= 0.3 is 47.8 Å². The van der Waals surface area contributed by atoms with E-state index >= 15 is 19.2 Å². The highest BCUT2D eigenvalue weighted by Crippen LogP contribution is 2.81. The molecule has 16 unspecified atom stereocenters.